The summed E-state index contributed by atoms with van der Waals surface area (Å²) in [6.45, 7) is 6.49. The molecule has 3 rings (SSSR count). The van der Waals surface area contributed by atoms with Crippen molar-refractivity contribution in [3.63, 3.8) is 0 Å². The monoisotopic (exact) mass is 517 g/mol. The van der Waals surface area contributed by atoms with Gasteiger partial charge in [0.15, 0.2) is 0 Å². The SMILES string of the molecule is COC(=O)[C@@H]1CC2=C(C[C@H]1C(=O)OC)N(C(=O)OC(C)(C)C)[C@@H](CCCOCc1ccc(OC)cc1)C2. The molecular formula is C28H39NO8. The van der Waals surface area contributed by atoms with E-state index in [2.05, 4.69) is 0 Å². The second-order valence-electron chi connectivity index (χ2n) is 10.5. The summed E-state index contributed by atoms with van der Waals surface area (Å²) in [6, 6.07) is 7.59. The molecule has 3 atom stereocenters. The minimum Gasteiger partial charge on any atom is -0.497 e. The first-order valence-corrected chi connectivity index (χ1v) is 12.7. The van der Waals surface area contributed by atoms with Crippen molar-refractivity contribution in [3.8, 4) is 5.75 Å². The van der Waals surface area contributed by atoms with Gasteiger partial charge in [0.25, 0.3) is 0 Å². The number of amides is 1. The van der Waals surface area contributed by atoms with Crippen LogP contribution in [0.5, 0.6) is 5.75 Å². The lowest BCUT2D eigenvalue weighted by Gasteiger charge is -2.34. The van der Waals surface area contributed by atoms with E-state index in [1.54, 1.807) is 12.0 Å². The topological polar surface area (TPSA) is 101 Å². The van der Waals surface area contributed by atoms with Crippen molar-refractivity contribution < 1.29 is 38.1 Å². The quantitative estimate of drug-likeness (QED) is 0.266. The van der Waals surface area contributed by atoms with E-state index in [1.165, 1.54) is 14.2 Å². The van der Waals surface area contributed by atoms with Crippen LogP contribution in [-0.4, -0.2) is 62.5 Å². The van der Waals surface area contributed by atoms with Crippen molar-refractivity contribution in [1.29, 1.82) is 0 Å². The fourth-order valence-corrected chi connectivity index (χ4v) is 5.02. The van der Waals surface area contributed by atoms with Crippen LogP contribution in [0.4, 0.5) is 4.79 Å². The van der Waals surface area contributed by atoms with Gasteiger partial charge in [-0.1, -0.05) is 12.1 Å². The van der Waals surface area contributed by atoms with Crippen LogP contribution in [0.15, 0.2) is 35.5 Å². The van der Waals surface area contributed by atoms with Crippen LogP contribution in [0.25, 0.3) is 0 Å². The van der Waals surface area contributed by atoms with Gasteiger partial charge in [-0.05, 0) is 69.7 Å². The summed E-state index contributed by atoms with van der Waals surface area (Å²) in [4.78, 5) is 40.0. The van der Waals surface area contributed by atoms with Gasteiger partial charge in [-0.2, -0.15) is 0 Å². The smallest absolute Gasteiger partial charge is 0.414 e. The summed E-state index contributed by atoms with van der Waals surface area (Å²) < 4.78 is 26.7. The molecule has 1 heterocycles. The second-order valence-corrected chi connectivity index (χ2v) is 10.5. The molecule has 204 valence electrons. The number of methoxy groups -OCH3 is 3. The maximum Gasteiger partial charge on any atom is 0.414 e. The predicted octanol–water partition coefficient (Wildman–Crippen LogP) is 4.63. The molecule has 0 aromatic heterocycles. The van der Waals surface area contributed by atoms with Crippen molar-refractivity contribution in [2.75, 3.05) is 27.9 Å². The van der Waals surface area contributed by atoms with Crippen molar-refractivity contribution in [1.82, 2.24) is 4.90 Å². The molecule has 2 aliphatic rings. The summed E-state index contributed by atoms with van der Waals surface area (Å²) in [5.41, 5.74) is 2.13. The van der Waals surface area contributed by atoms with E-state index in [4.69, 9.17) is 23.7 Å². The van der Waals surface area contributed by atoms with Crippen LogP contribution in [0, 0.1) is 11.8 Å². The zero-order chi connectivity index (χ0) is 27.2. The number of benzene rings is 1. The lowest BCUT2D eigenvalue weighted by atomic mass is 9.77. The average Bonchev–Trinajstić information content (AvgIpc) is 3.23. The first-order chi connectivity index (χ1) is 17.6. The Morgan fingerprint density at radius 2 is 1.54 bits per heavy atom. The normalized spacial score (nSPS) is 21.4. The maximum atomic E-state index is 13.3. The molecule has 0 radical (unpaired) electrons. The highest BCUT2D eigenvalue weighted by atomic mass is 16.6. The highest BCUT2D eigenvalue weighted by Crippen LogP contribution is 2.45. The number of hydrogen-bond acceptors (Lipinski definition) is 8. The molecule has 0 fully saturated rings. The number of carbonyl (C=O) groups is 3. The molecule has 0 saturated carbocycles. The number of hydrogen-bond donors (Lipinski definition) is 0. The second kappa shape index (κ2) is 12.4. The van der Waals surface area contributed by atoms with Gasteiger partial charge in [0.2, 0.25) is 0 Å². The molecule has 9 heteroatoms. The van der Waals surface area contributed by atoms with E-state index in [9.17, 15) is 14.4 Å². The van der Waals surface area contributed by atoms with Crippen LogP contribution < -0.4 is 4.74 Å². The lowest BCUT2D eigenvalue weighted by molar-refractivity contribution is -0.158. The molecular weight excluding hydrogens is 478 g/mol. The molecule has 1 aromatic rings. The number of allylic oxidation sites excluding steroid dienone is 1. The number of esters is 2. The van der Waals surface area contributed by atoms with E-state index in [-0.39, 0.29) is 12.5 Å². The number of ether oxygens (including phenoxy) is 5. The first kappa shape index (κ1) is 28.5. The Kier molecular flexibility index (Phi) is 9.59. The van der Waals surface area contributed by atoms with Gasteiger partial charge in [-0.3, -0.25) is 14.5 Å². The van der Waals surface area contributed by atoms with Crippen LogP contribution in [0.1, 0.15) is 58.4 Å². The van der Waals surface area contributed by atoms with E-state index >= 15 is 0 Å². The molecule has 0 saturated heterocycles. The molecule has 0 spiro atoms. The maximum absolute atomic E-state index is 13.3. The minimum atomic E-state index is -0.715. The zero-order valence-electron chi connectivity index (χ0n) is 22.7. The van der Waals surface area contributed by atoms with E-state index in [0.29, 0.717) is 32.5 Å². The Bertz CT molecular complexity index is 994. The fourth-order valence-electron chi connectivity index (χ4n) is 5.02. The Morgan fingerprint density at radius 3 is 2.11 bits per heavy atom. The molecule has 37 heavy (non-hydrogen) atoms. The fraction of sp³-hybridized carbons (Fsp3) is 0.607. The van der Waals surface area contributed by atoms with E-state index in [1.807, 2.05) is 45.0 Å². The summed E-state index contributed by atoms with van der Waals surface area (Å²) in [5, 5.41) is 0. The van der Waals surface area contributed by atoms with Crippen LogP contribution in [-0.2, 0) is 35.1 Å². The summed E-state index contributed by atoms with van der Waals surface area (Å²) in [5.74, 6) is -1.48. The van der Waals surface area contributed by atoms with E-state index in [0.717, 1.165) is 29.0 Å². The van der Waals surface area contributed by atoms with Crippen molar-refractivity contribution in [2.24, 2.45) is 11.8 Å². The first-order valence-electron chi connectivity index (χ1n) is 12.7. The van der Waals surface area contributed by atoms with Crippen molar-refractivity contribution >= 4 is 18.0 Å². The van der Waals surface area contributed by atoms with Crippen molar-refractivity contribution in [2.45, 2.75) is 71.1 Å². The number of carbonyl (C=O) groups excluding carboxylic acids is 3. The van der Waals surface area contributed by atoms with Crippen molar-refractivity contribution in [3.05, 3.63) is 41.1 Å². The Hall–Kier alpha value is -3.07. The molecule has 0 unspecified atom stereocenters. The van der Waals surface area contributed by atoms with Gasteiger partial charge < -0.3 is 23.7 Å². The third-order valence-corrected chi connectivity index (χ3v) is 6.76. The van der Waals surface area contributed by atoms with Crippen LogP contribution in [0.3, 0.4) is 0 Å². The van der Waals surface area contributed by atoms with Gasteiger partial charge in [-0.25, -0.2) is 4.79 Å². The summed E-state index contributed by atoms with van der Waals surface area (Å²) in [6.07, 6.45) is 2.19. The lowest BCUT2D eigenvalue weighted by Crippen LogP contribution is -2.42. The minimum absolute atomic E-state index is 0.140. The summed E-state index contributed by atoms with van der Waals surface area (Å²) in [7, 11) is 4.25. The Balaban J connectivity index is 1.69. The van der Waals surface area contributed by atoms with Gasteiger partial charge in [0.1, 0.15) is 11.4 Å². The van der Waals surface area contributed by atoms with Gasteiger partial charge >= 0.3 is 18.0 Å². The summed E-state index contributed by atoms with van der Waals surface area (Å²) >= 11 is 0. The standard InChI is InChI=1S/C28H39NO8/c1-28(2,3)37-27(32)29-20(8-7-13-36-17-18-9-11-21(33-4)12-10-18)14-19-15-22(25(30)34-5)23(16-24(19)29)26(31)35-6/h9-12,20,22-23H,7-8,13-17H2,1-6H3/t20-,22+,23+/m0/s1. The molecule has 1 aliphatic heterocycles. The zero-order valence-corrected chi connectivity index (χ0v) is 22.7. The molecule has 0 bridgehead atoms. The molecule has 9 nitrogen and oxygen atoms in total. The molecule has 1 aliphatic carbocycles. The van der Waals surface area contributed by atoms with E-state index < -0.39 is 35.5 Å². The largest absolute Gasteiger partial charge is 0.497 e. The Labute approximate surface area is 219 Å². The van der Waals surface area contributed by atoms with Gasteiger partial charge in [0, 0.05) is 24.8 Å². The Morgan fingerprint density at radius 1 is 0.919 bits per heavy atom. The van der Waals surface area contributed by atoms with Crippen LogP contribution in [0.2, 0.25) is 0 Å². The van der Waals surface area contributed by atoms with Crippen LogP contribution >= 0.6 is 0 Å². The highest BCUT2D eigenvalue weighted by Gasteiger charge is 2.47. The number of rotatable bonds is 9. The average molecular weight is 518 g/mol. The molecule has 1 aromatic carbocycles. The third kappa shape index (κ3) is 7.25. The third-order valence-electron chi connectivity index (χ3n) is 6.76. The predicted molar refractivity (Wildman–Crippen MR) is 136 cm³/mol. The number of nitrogens with zero attached hydrogens (tertiary/aromatic N) is 1. The van der Waals surface area contributed by atoms with Gasteiger partial charge in [-0.15, -0.1) is 0 Å². The van der Waals surface area contributed by atoms with Gasteiger partial charge in [0.05, 0.1) is 39.8 Å². The molecule has 0 N–H and O–H groups in total. The highest BCUT2D eigenvalue weighted by molar-refractivity contribution is 5.84. The molecule has 1 amide bonds.